The second-order valence-corrected chi connectivity index (χ2v) is 8.30. The standard InChI is InChI=1S/C28H36N2O9/c1-6-11-22(36-16-21-12-9-8-10-13-21)20(4)39-28(33)19(3)30-27(32)25-26(23(34-5)14-15-29-25)38-18-37-24(31)17-35-7-2/h6,8-10,12-15,19-20,22H,1,7,11,16-18H2,2-5H3,(H,30,32)/t19-,20-,22+/m0/s1. The van der Waals surface area contributed by atoms with E-state index in [2.05, 4.69) is 16.9 Å². The third-order valence-corrected chi connectivity index (χ3v) is 5.38. The van der Waals surface area contributed by atoms with E-state index in [0.717, 1.165) is 5.56 Å². The summed E-state index contributed by atoms with van der Waals surface area (Å²) in [6.07, 6.45) is 2.45. The molecule has 1 amide bonds. The van der Waals surface area contributed by atoms with Gasteiger partial charge >= 0.3 is 11.9 Å². The highest BCUT2D eigenvalue weighted by Gasteiger charge is 2.27. The van der Waals surface area contributed by atoms with E-state index < -0.39 is 42.9 Å². The van der Waals surface area contributed by atoms with Gasteiger partial charge in [0.25, 0.3) is 5.91 Å². The summed E-state index contributed by atoms with van der Waals surface area (Å²) in [4.78, 5) is 41.5. The van der Waals surface area contributed by atoms with E-state index in [9.17, 15) is 14.4 Å². The molecule has 2 rings (SSSR count). The van der Waals surface area contributed by atoms with Crippen molar-refractivity contribution < 1.29 is 42.8 Å². The van der Waals surface area contributed by atoms with Crippen molar-refractivity contribution in [1.29, 1.82) is 0 Å². The number of carbonyl (C=O) groups is 3. The van der Waals surface area contributed by atoms with Crippen LogP contribution >= 0.6 is 0 Å². The van der Waals surface area contributed by atoms with Crippen LogP contribution in [0.1, 0.15) is 43.2 Å². The van der Waals surface area contributed by atoms with Crippen LogP contribution in [0.2, 0.25) is 0 Å². The summed E-state index contributed by atoms with van der Waals surface area (Å²) in [5, 5.41) is 2.55. The van der Waals surface area contributed by atoms with E-state index >= 15 is 0 Å². The number of aromatic nitrogens is 1. The Morgan fingerprint density at radius 2 is 1.87 bits per heavy atom. The molecule has 11 heteroatoms. The Labute approximate surface area is 228 Å². The summed E-state index contributed by atoms with van der Waals surface area (Å²) < 4.78 is 32.2. The highest BCUT2D eigenvalue weighted by atomic mass is 16.7. The molecule has 0 fully saturated rings. The van der Waals surface area contributed by atoms with Gasteiger partial charge in [-0.2, -0.15) is 0 Å². The SMILES string of the molecule is C=CC[C@@H](OCc1ccccc1)[C@H](C)OC(=O)[C@H](C)NC(=O)c1nccc(OC)c1OCOC(=O)COCC. The molecule has 1 aromatic heterocycles. The van der Waals surface area contributed by atoms with Crippen LogP contribution < -0.4 is 14.8 Å². The van der Waals surface area contributed by atoms with Crippen LogP contribution in [0.15, 0.2) is 55.3 Å². The van der Waals surface area contributed by atoms with Gasteiger partial charge in [0.1, 0.15) is 18.8 Å². The predicted octanol–water partition coefficient (Wildman–Crippen LogP) is 3.22. The van der Waals surface area contributed by atoms with Crippen LogP contribution in [-0.2, 0) is 35.1 Å². The number of carbonyl (C=O) groups excluding carboxylic acids is 3. The summed E-state index contributed by atoms with van der Waals surface area (Å²) >= 11 is 0. The minimum absolute atomic E-state index is 0.0593. The average Bonchev–Trinajstić information content (AvgIpc) is 2.94. The van der Waals surface area contributed by atoms with E-state index in [1.54, 1.807) is 19.9 Å². The number of hydrogen-bond acceptors (Lipinski definition) is 10. The van der Waals surface area contributed by atoms with E-state index in [1.807, 2.05) is 30.3 Å². The zero-order chi connectivity index (χ0) is 28.6. The Morgan fingerprint density at radius 3 is 2.54 bits per heavy atom. The molecule has 0 saturated carbocycles. The molecule has 1 aromatic carbocycles. The third kappa shape index (κ3) is 10.4. The zero-order valence-corrected chi connectivity index (χ0v) is 22.7. The van der Waals surface area contributed by atoms with E-state index in [4.69, 9.17) is 28.4 Å². The van der Waals surface area contributed by atoms with Gasteiger partial charge < -0.3 is 33.7 Å². The van der Waals surface area contributed by atoms with Gasteiger partial charge in [-0.05, 0) is 32.8 Å². The van der Waals surface area contributed by atoms with Gasteiger partial charge in [0.2, 0.25) is 6.79 Å². The first-order valence-electron chi connectivity index (χ1n) is 12.5. The first-order chi connectivity index (χ1) is 18.8. The van der Waals surface area contributed by atoms with E-state index in [0.29, 0.717) is 19.6 Å². The minimum atomic E-state index is -1.02. The third-order valence-electron chi connectivity index (χ3n) is 5.38. The van der Waals surface area contributed by atoms with Crippen molar-refractivity contribution in [3.8, 4) is 11.5 Å². The number of rotatable bonds is 17. The van der Waals surface area contributed by atoms with Crippen molar-refractivity contribution in [3.05, 3.63) is 66.5 Å². The molecule has 2 aromatic rings. The molecule has 0 spiro atoms. The molecular formula is C28H36N2O9. The number of hydrogen-bond donors (Lipinski definition) is 1. The quantitative estimate of drug-likeness (QED) is 0.180. The molecule has 0 unspecified atom stereocenters. The summed E-state index contributed by atoms with van der Waals surface area (Å²) in [6, 6.07) is 10.1. The monoisotopic (exact) mass is 544 g/mol. The van der Waals surface area contributed by atoms with Crippen LogP contribution in [0, 0.1) is 0 Å². The summed E-state index contributed by atoms with van der Waals surface area (Å²) in [6.45, 7) is 8.65. The molecule has 212 valence electrons. The van der Waals surface area contributed by atoms with E-state index in [1.165, 1.54) is 26.3 Å². The topological polar surface area (TPSA) is 132 Å². The molecule has 0 saturated heterocycles. The van der Waals surface area contributed by atoms with Crippen LogP contribution in [0.4, 0.5) is 0 Å². The van der Waals surface area contributed by atoms with Crippen LogP contribution in [0.5, 0.6) is 11.5 Å². The predicted molar refractivity (Wildman–Crippen MR) is 141 cm³/mol. The molecule has 11 nitrogen and oxygen atoms in total. The van der Waals surface area contributed by atoms with Gasteiger partial charge in [-0.1, -0.05) is 36.4 Å². The van der Waals surface area contributed by atoms with Gasteiger partial charge in [-0.15, -0.1) is 6.58 Å². The second-order valence-electron chi connectivity index (χ2n) is 8.30. The number of methoxy groups -OCH3 is 1. The highest BCUT2D eigenvalue weighted by molar-refractivity contribution is 5.98. The number of esters is 2. The maximum Gasteiger partial charge on any atom is 0.334 e. The van der Waals surface area contributed by atoms with Crippen molar-refractivity contribution in [2.24, 2.45) is 0 Å². The fraction of sp³-hybridized carbons (Fsp3) is 0.429. The Morgan fingerprint density at radius 1 is 1.13 bits per heavy atom. The van der Waals surface area contributed by atoms with Crippen LogP contribution in [0.3, 0.4) is 0 Å². The lowest BCUT2D eigenvalue weighted by molar-refractivity contribution is -0.158. The molecule has 1 heterocycles. The fourth-order valence-electron chi connectivity index (χ4n) is 3.30. The Hall–Kier alpha value is -3.96. The molecule has 39 heavy (non-hydrogen) atoms. The summed E-state index contributed by atoms with van der Waals surface area (Å²) in [5.74, 6) is -1.90. The Balaban J connectivity index is 1.99. The first-order valence-corrected chi connectivity index (χ1v) is 12.5. The normalized spacial score (nSPS) is 12.9. The zero-order valence-electron chi connectivity index (χ0n) is 22.7. The van der Waals surface area contributed by atoms with Gasteiger partial charge in [-0.3, -0.25) is 4.79 Å². The molecular weight excluding hydrogens is 508 g/mol. The lowest BCUT2D eigenvalue weighted by atomic mass is 10.1. The number of amides is 1. The number of ether oxygens (including phenoxy) is 6. The maximum absolute atomic E-state index is 13.0. The summed E-state index contributed by atoms with van der Waals surface area (Å²) in [5.41, 5.74) is 0.817. The highest BCUT2D eigenvalue weighted by Crippen LogP contribution is 2.29. The van der Waals surface area contributed by atoms with Crippen molar-refractivity contribution in [2.75, 3.05) is 27.1 Å². The van der Waals surface area contributed by atoms with Crippen molar-refractivity contribution >= 4 is 17.8 Å². The molecule has 0 aliphatic rings. The molecule has 0 aliphatic carbocycles. The van der Waals surface area contributed by atoms with E-state index in [-0.39, 0.29) is 23.8 Å². The lowest BCUT2D eigenvalue weighted by Gasteiger charge is -2.25. The number of nitrogens with zero attached hydrogens (tertiary/aromatic N) is 1. The smallest absolute Gasteiger partial charge is 0.334 e. The van der Waals surface area contributed by atoms with Crippen molar-refractivity contribution in [2.45, 2.75) is 52.0 Å². The van der Waals surface area contributed by atoms with Crippen molar-refractivity contribution in [1.82, 2.24) is 10.3 Å². The molecule has 3 atom stereocenters. The second kappa shape index (κ2) is 16.8. The minimum Gasteiger partial charge on any atom is -0.493 e. The van der Waals surface area contributed by atoms with Gasteiger partial charge in [-0.25, -0.2) is 14.6 Å². The molecule has 0 bridgehead atoms. The van der Waals surface area contributed by atoms with Crippen LogP contribution in [0.25, 0.3) is 0 Å². The molecule has 1 N–H and O–H groups in total. The number of pyridine rings is 1. The first kappa shape index (κ1) is 31.3. The summed E-state index contributed by atoms with van der Waals surface area (Å²) in [7, 11) is 1.38. The molecule has 0 radical (unpaired) electrons. The van der Waals surface area contributed by atoms with Crippen LogP contribution in [-0.4, -0.2) is 68.2 Å². The Bertz CT molecular complexity index is 1080. The van der Waals surface area contributed by atoms with Gasteiger partial charge in [0.15, 0.2) is 17.2 Å². The van der Waals surface area contributed by atoms with Crippen molar-refractivity contribution in [3.63, 3.8) is 0 Å². The maximum atomic E-state index is 13.0. The fourth-order valence-corrected chi connectivity index (χ4v) is 3.30. The number of nitrogens with one attached hydrogen (secondary N) is 1. The average molecular weight is 545 g/mol. The Kier molecular flexibility index (Phi) is 13.5. The number of benzene rings is 1. The van der Waals surface area contributed by atoms with Gasteiger partial charge in [0, 0.05) is 18.9 Å². The molecule has 0 aliphatic heterocycles. The largest absolute Gasteiger partial charge is 0.493 e. The van der Waals surface area contributed by atoms with Gasteiger partial charge in [0.05, 0.1) is 19.8 Å². The lowest BCUT2D eigenvalue weighted by Crippen LogP contribution is -2.43.